The van der Waals surface area contributed by atoms with Gasteiger partial charge in [0.15, 0.2) is 0 Å². The van der Waals surface area contributed by atoms with Crippen LogP contribution in [0.1, 0.15) is 18.9 Å². The van der Waals surface area contributed by atoms with Crippen molar-refractivity contribution in [1.29, 1.82) is 0 Å². The van der Waals surface area contributed by atoms with Crippen LogP contribution in [0, 0.1) is 0 Å². The van der Waals surface area contributed by atoms with E-state index in [1.165, 1.54) is 0 Å². The minimum Gasteiger partial charge on any atom is -0.398 e. The summed E-state index contributed by atoms with van der Waals surface area (Å²) in [6.45, 7) is 3.31. The molecular weight excluding hydrogens is 322 g/mol. The van der Waals surface area contributed by atoms with Crippen LogP contribution >= 0.6 is 15.9 Å². The van der Waals surface area contributed by atoms with Gasteiger partial charge in [-0.3, -0.25) is 9.59 Å². The Bertz CT molecular complexity index is 533. The fourth-order valence-electron chi connectivity index (χ4n) is 2.24. The quantitative estimate of drug-likeness (QED) is 0.847. The number of anilines is 1. The first-order valence-corrected chi connectivity index (χ1v) is 7.40. The molecule has 1 aliphatic heterocycles. The van der Waals surface area contributed by atoms with Crippen LogP contribution in [0.15, 0.2) is 22.7 Å². The molecular formula is C14H18BrN3O2. The summed E-state index contributed by atoms with van der Waals surface area (Å²) in [4.78, 5) is 27.2. The fourth-order valence-corrected chi connectivity index (χ4v) is 2.61. The molecule has 1 aromatic rings. The van der Waals surface area contributed by atoms with Crippen molar-refractivity contribution in [3.05, 3.63) is 28.2 Å². The molecule has 5 nitrogen and oxygen atoms in total. The number of carbonyl (C=O) groups excluding carboxylic acids is 2. The van der Waals surface area contributed by atoms with E-state index in [4.69, 9.17) is 5.73 Å². The smallest absolute Gasteiger partial charge is 0.242 e. The Labute approximate surface area is 126 Å². The van der Waals surface area contributed by atoms with Crippen LogP contribution in [0.3, 0.4) is 0 Å². The number of nitrogens with two attached hydrogens (primary N) is 1. The number of halogens is 1. The zero-order chi connectivity index (χ0) is 14.7. The summed E-state index contributed by atoms with van der Waals surface area (Å²) < 4.78 is 0.897. The van der Waals surface area contributed by atoms with Crippen LogP contribution in [0.4, 0.5) is 5.69 Å². The number of hydrogen-bond acceptors (Lipinski definition) is 3. The first kappa shape index (κ1) is 14.8. The van der Waals surface area contributed by atoms with Crippen molar-refractivity contribution in [2.45, 2.75) is 19.9 Å². The van der Waals surface area contributed by atoms with E-state index >= 15 is 0 Å². The predicted molar refractivity (Wildman–Crippen MR) is 80.8 cm³/mol. The molecule has 6 heteroatoms. The molecule has 1 aliphatic rings. The highest BCUT2D eigenvalue weighted by Crippen LogP contribution is 2.21. The maximum Gasteiger partial charge on any atom is 0.242 e. The van der Waals surface area contributed by atoms with Crippen molar-refractivity contribution in [3.63, 3.8) is 0 Å². The lowest BCUT2D eigenvalue weighted by Gasteiger charge is -2.34. The molecule has 0 aliphatic carbocycles. The van der Waals surface area contributed by atoms with E-state index in [0.29, 0.717) is 18.8 Å². The molecule has 20 heavy (non-hydrogen) atoms. The van der Waals surface area contributed by atoms with Gasteiger partial charge in [-0.2, -0.15) is 0 Å². The molecule has 0 radical (unpaired) electrons. The van der Waals surface area contributed by atoms with Crippen molar-refractivity contribution in [2.75, 3.05) is 25.4 Å². The molecule has 0 atom stereocenters. The summed E-state index contributed by atoms with van der Waals surface area (Å²) in [7, 11) is 0. The van der Waals surface area contributed by atoms with Gasteiger partial charge in [-0.15, -0.1) is 0 Å². The summed E-state index contributed by atoms with van der Waals surface area (Å²) in [5.41, 5.74) is 7.41. The van der Waals surface area contributed by atoms with Crippen molar-refractivity contribution in [2.24, 2.45) is 0 Å². The normalized spacial score (nSPS) is 15.9. The van der Waals surface area contributed by atoms with Gasteiger partial charge >= 0.3 is 0 Å². The van der Waals surface area contributed by atoms with Gasteiger partial charge in [0.05, 0.1) is 6.54 Å². The lowest BCUT2D eigenvalue weighted by atomic mass is 10.1. The van der Waals surface area contributed by atoms with Gasteiger partial charge in [0, 0.05) is 23.2 Å². The standard InChI is InChI=1S/C14H18BrN3O2/c1-2-5-17-8-14(20)18(9-13(17)19)7-10-3-4-11(15)6-12(10)16/h3-4,6H,2,5,7-9,16H2,1H3. The molecule has 1 heterocycles. The van der Waals surface area contributed by atoms with Gasteiger partial charge in [-0.25, -0.2) is 0 Å². The molecule has 0 unspecified atom stereocenters. The first-order chi connectivity index (χ1) is 9.51. The van der Waals surface area contributed by atoms with E-state index in [0.717, 1.165) is 16.5 Å². The number of nitrogens with zero attached hydrogens (tertiary/aromatic N) is 2. The van der Waals surface area contributed by atoms with Crippen molar-refractivity contribution >= 4 is 33.4 Å². The van der Waals surface area contributed by atoms with Crippen LogP contribution in [0.2, 0.25) is 0 Å². The maximum atomic E-state index is 12.1. The number of rotatable bonds is 4. The third kappa shape index (κ3) is 3.30. The van der Waals surface area contributed by atoms with E-state index in [1.807, 2.05) is 19.1 Å². The second-order valence-corrected chi connectivity index (χ2v) is 5.82. The Morgan fingerprint density at radius 3 is 2.50 bits per heavy atom. The molecule has 0 bridgehead atoms. The summed E-state index contributed by atoms with van der Waals surface area (Å²) in [5.74, 6) is -0.0255. The first-order valence-electron chi connectivity index (χ1n) is 6.60. The molecule has 0 spiro atoms. The number of carbonyl (C=O) groups is 2. The molecule has 1 aromatic carbocycles. The molecule has 2 amide bonds. The van der Waals surface area contributed by atoms with Crippen LogP contribution in [0.25, 0.3) is 0 Å². The minimum atomic E-state index is -0.0274. The van der Waals surface area contributed by atoms with Crippen molar-refractivity contribution in [3.8, 4) is 0 Å². The zero-order valence-corrected chi connectivity index (χ0v) is 13.0. The Hall–Kier alpha value is -1.56. The highest BCUT2D eigenvalue weighted by atomic mass is 79.9. The molecule has 0 saturated carbocycles. The molecule has 1 fully saturated rings. The van der Waals surface area contributed by atoms with E-state index in [9.17, 15) is 9.59 Å². The average Bonchev–Trinajstić information content (AvgIpc) is 2.38. The summed E-state index contributed by atoms with van der Waals surface area (Å²) >= 11 is 3.35. The zero-order valence-electron chi connectivity index (χ0n) is 11.4. The second-order valence-electron chi connectivity index (χ2n) is 4.91. The van der Waals surface area contributed by atoms with E-state index in [2.05, 4.69) is 15.9 Å². The monoisotopic (exact) mass is 339 g/mol. The lowest BCUT2D eigenvalue weighted by molar-refractivity contribution is -0.150. The number of piperazine rings is 1. The minimum absolute atomic E-state index is 0.00198. The van der Waals surface area contributed by atoms with Gasteiger partial charge in [0.25, 0.3) is 0 Å². The topological polar surface area (TPSA) is 66.6 Å². The van der Waals surface area contributed by atoms with Crippen LogP contribution in [-0.4, -0.2) is 41.2 Å². The number of nitrogen functional groups attached to an aromatic ring is 1. The second kappa shape index (κ2) is 6.26. The van der Waals surface area contributed by atoms with Gasteiger partial charge in [-0.05, 0) is 24.1 Å². The van der Waals surface area contributed by atoms with Gasteiger partial charge in [-0.1, -0.05) is 28.9 Å². The SMILES string of the molecule is CCCN1CC(=O)N(Cc2ccc(Br)cc2N)CC1=O. The van der Waals surface area contributed by atoms with E-state index in [1.54, 1.807) is 15.9 Å². The molecule has 2 N–H and O–H groups in total. The van der Waals surface area contributed by atoms with Crippen LogP contribution in [-0.2, 0) is 16.1 Å². The fraction of sp³-hybridized carbons (Fsp3) is 0.429. The molecule has 1 saturated heterocycles. The maximum absolute atomic E-state index is 12.1. The van der Waals surface area contributed by atoms with Gasteiger partial charge < -0.3 is 15.5 Å². The van der Waals surface area contributed by atoms with Gasteiger partial charge in [0.1, 0.15) is 6.54 Å². The highest BCUT2D eigenvalue weighted by molar-refractivity contribution is 9.10. The largest absolute Gasteiger partial charge is 0.398 e. The van der Waals surface area contributed by atoms with E-state index < -0.39 is 0 Å². The average molecular weight is 340 g/mol. The Kier molecular flexibility index (Phi) is 4.65. The summed E-state index contributed by atoms with van der Waals surface area (Å²) in [6, 6.07) is 5.55. The van der Waals surface area contributed by atoms with Crippen molar-refractivity contribution < 1.29 is 9.59 Å². The lowest BCUT2D eigenvalue weighted by Crippen LogP contribution is -2.53. The Morgan fingerprint density at radius 2 is 1.85 bits per heavy atom. The summed E-state index contributed by atoms with van der Waals surface area (Å²) in [6.07, 6.45) is 0.860. The number of hydrogen-bond donors (Lipinski definition) is 1. The Morgan fingerprint density at radius 1 is 1.20 bits per heavy atom. The third-order valence-electron chi connectivity index (χ3n) is 3.32. The van der Waals surface area contributed by atoms with Crippen molar-refractivity contribution in [1.82, 2.24) is 9.80 Å². The molecule has 0 aromatic heterocycles. The van der Waals surface area contributed by atoms with E-state index in [-0.39, 0.29) is 24.9 Å². The molecule has 108 valence electrons. The van der Waals surface area contributed by atoms with Gasteiger partial charge in [0.2, 0.25) is 11.8 Å². The number of benzene rings is 1. The van der Waals surface area contributed by atoms with Crippen LogP contribution < -0.4 is 5.73 Å². The summed E-state index contributed by atoms with van der Waals surface area (Å²) in [5, 5.41) is 0. The molecule has 2 rings (SSSR count). The third-order valence-corrected chi connectivity index (χ3v) is 3.81. The van der Waals surface area contributed by atoms with Crippen LogP contribution in [0.5, 0.6) is 0 Å². The Balaban J connectivity index is 2.07. The highest BCUT2D eigenvalue weighted by Gasteiger charge is 2.29. The number of amides is 2. The predicted octanol–water partition coefficient (Wildman–Crippen LogP) is 1.61.